The van der Waals surface area contributed by atoms with Crippen molar-refractivity contribution in [3.63, 3.8) is 0 Å². The van der Waals surface area contributed by atoms with Crippen LogP contribution in [0.3, 0.4) is 0 Å². The van der Waals surface area contributed by atoms with E-state index < -0.39 is 0 Å². The molecule has 0 saturated carbocycles. The summed E-state index contributed by atoms with van der Waals surface area (Å²) in [7, 11) is 1.87. The number of aryl methyl sites for hydroxylation is 2. The van der Waals surface area contributed by atoms with Crippen LogP contribution in [-0.4, -0.2) is 26.0 Å². The Morgan fingerprint density at radius 1 is 0.909 bits per heavy atom. The fourth-order valence-electron chi connectivity index (χ4n) is 2.28. The van der Waals surface area contributed by atoms with Crippen LogP contribution in [0.4, 0.5) is 0 Å². The molecule has 22 heavy (non-hydrogen) atoms. The maximum Gasteiger partial charge on any atom is 0.251 e. The number of amides is 1. The molecular formula is C18H23ClN2O. The third kappa shape index (κ3) is 5.51. The molecule has 2 aromatic carbocycles. The first-order chi connectivity index (χ1) is 10.3. The normalized spacial score (nSPS) is 9.86. The lowest BCUT2D eigenvalue weighted by atomic mass is 9.99. The number of carbonyl (C=O) groups excluding carboxylic acids is 1. The van der Waals surface area contributed by atoms with Crippen molar-refractivity contribution in [1.82, 2.24) is 10.6 Å². The number of hydrogen-bond donors (Lipinski definition) is 2. The minimum absolute atomic E-state index is 0. The molecule has 0 unspecified atom stereocenters. The second kappa shape index (κ2) is 9.98. The quantitative estimate of drug-likeness (QED) is 0.771. The van der Waals surface area contributed by atoms with Crippen molar-refractivity contribution in [3.8, 4) is 0 Å². The second-order valence-electron chi connectivity index (χ2n) is 5.00. The highest BCUT2D eigenvalue weighted by Crippen LogP contribution is 2.12. The zero-order chi connectivity index (χ0) is 14.9. The lowest BCUT2D eigenvalue weighted by molar-refractivity contribution is 0.0953. The van der Waals surface area contributed by atoms with Gasteiger partial charge in [0.25, 0.3) is 5.91 Å². The third-order valence-electron chi connectivity index (χ3n) is 3.45. The SMILES string of the molecule is CNCCNC(=O)c1ccccc1CCc1ccccc1.Cl. The fourth-order valence-corrected chi connectivity index (χ4v) is 2.28. The number of hydrogen-bond acceptors (Lipinski definition) is 2. The molecule has 0 bridgehead atoms. The molecule has 2 aromatic rings. The predicted molar refractivity (Wildman–Crippen MR) is 93.8 cm³/mol. The Balaban J connectivity index is 0.00000242. The van der Waals surface area contributed by atoms with Gasteiger partial charge >= 0.3 is 0 Å². The molecule has 0 aliphatic heterocycles. The topological polar surface area (TPSA) is 41.1 Å². The largest absolute Gasteiger partial charge is 0.351 e. The van der Waals surface area contributed by atoms with Gasteiger partial charge in [-0.25, -0.2) is 0 Å². The summed E-state index contributed by atoms with van der Waals surface area (Å²) in [6, 6.07) is 18.2. The molecular weight excluding hydrogens is 296 g/mol. The highest BCUT2D eigenvalue weighted by molar-refractivity contribution is 5.95. The van der Waals surface area contributed by atoms with Gasteiger partial charge in [-0.1, -0.05) is 48.5 Å². The van der Waals surface area contributed by atoms with Crippen molar-refractivity contribution >= 4 is 18.3 Å². The summed E-state index contributed by atoms with van der Waals surface area (Å²) in [4.78, 5) is 12.2. The van der Waals surface area contributed by atoms with Crippen LogP contribution in [0.15, 0.2) is 54.6 Å². The Bertz CT molecular complexity index is 572. The van der Waals surface area contributed by atoms with Crippen molar-refractivity contribution in [2.45, 2.75) is 12.8 Å². The van der Waals surface area contributed by atoms with E-state index >= 15 is 0 Å². The summed E-state index contributed by atoms with van der Waals surface area (Å²) in [5.41, 5.74) is 3.18. The van der Waals surface area contributed by atoms with E-state index in [1.165, 1.54) is 5.56 Å². The molecule has 3 nitrogen and oxygen atoms in total. The highest BCUT2D eigenvalue weighted by atomic mass is 35.5. The molecule has 0 aliphatic rings. The Morgan fingerprint density at radius 2 is 1.59 bits per heavy atom. The van der Waals surface area contributed by atoms with E-state index in [0.717, 1.165) is 30.5 Å². The minimum Gasteiger partial charge on any atom is -0.351 e. The summed E-state index contributed by atoms with van der Waals surface area (Å²) in [6.07, 6.45) is 1.82. The summed E-state index contributed by atoms with van der Waals surface area (Å²) < 4.78 is 0. The van der Waals surface area contributed by atoms with Gasteiger partial charge in [0.05, 0.1) is 0 Å². The minimum atomic E-state index is 0. The third-order valence-corrected chi connectivity index (χ3v) is 3.45. The fraction of sp³-hybridized carbons (Fsp3) is 0.278. The van der Waals surface area contributed by atoms with Gasteiger partial charge in [-0.15, -0.1) is 12.4 Å². The van der Waals surface area contributed by atoms with E-state index in [9.17, 15) is 4.79 Å². The van der Waals surface area contributed by atoms with Gasteiger partial charge in [-0.2, -0.15) is 0 Å². The number of rotatable bonds is 7. The lowest BCUT2D eigenvalue weighted by Crippen LogP contribution is -2.31. The van der Waals surface area contributed by atoms with E-state index in [2.05, 4.69) is 22.8 Å². The van der Waals surface area contributed by atoms with Crippen LogP contribution in [0.2, 0.25) is 0 Å². The van der Waals surface area contributed by atoms with Crippen LogP contribution in [0.25, 0.3) is 0 Å². The number of halogens is 1. The smallest absolute Gasteiger partial charge is 0.251 e. The summed E-state index contributed by atoms with van der Waals surface area (Å²) >= 11 is 0. The first-order valence-electron chi connectivity index (χ1n) is 7.36. The van der Waals surface area contributed by atoms with Crippen LogP contribution in [0.5, 0.6) is 0 Å². The maximum atomic E-state index is 12.2. The molecule has 0 radical (unpaired) electrons. The van der Waals surface area contributed by atoms with Gasteiger partial charge in [-0.3, -0.25) is 4.79 Å². The van der Waals surface area contributed by atoms with Crippen molar-refractivity contribution in [3.05, 3.63) is 71.3 Å². The molecule has 0 saturated heterocycles. The lowest BCUT2D eigenvalue weighted by Gasteiger charge is -2.10. The van der Waals surface area contributed by atoms with Gasteiger partial charge in [0, 0.05) is 18.7 Å². The van der Waals surface area contributed by atoms with Crippen molar-refractivity contribution in [1.29, 1.82) is 0 Å². The summed E-state index contributed by atoms with van der Waals surface area (Å²) in [5.74, 6) is 0.00825. The van der Waals surface area contributed by atoms with Gasteiger partial charge in [0.1, 0.15) is 0 Å². The van der Waals surface area contributed by atoms with Crippen molar-refractivity contribution < 1.29 is 4.79 Å². The molecule has 0 heterocycles. The zero-order valence-corrected chi connectivity index (χ0v) is 13.7. The first-order valence-corrected chi connectivity index (χ1v) is 7.36. The second-order valence-corrected chi connectivity index (χ2v) is 5.00. The monoisotopic (exact) mass is 318 g/mol. The highest BCUT2D eigenvalue weighted by Gasteiger charge is 2.10. The zero-order valence-electron chi connectivity index (χ0n) is 12.8. The molecule has 2 N–H and O–H groups in total. The number of carbonyl (C=O) groups is 1. The van der Waals surface area contributed by atoms with Gasteiger partial charge in [0.2, 0.25) is 0 Å². The summed E-state index contributed by atoms with van der Waals surface area (Å²) in [6.45, 7) is 1.42. The number of benzene rings is 2. The van der Waals surface area contributed by atoms with Crippen molar-refractivity contribution in [2.24, 2.45) is 0 Å². The molecule has 0 spiro atoms. The van der Waals surface area contributed by atoms with E-state index in [0.29, 0.717) is 6.54 Å². The van der Waals surface area contributed by atoms with Crippen molar-refractivity contribution in [2.75, 3.05) is 20.1 Å². The summed E-state index contributed by atoms with van der Waals surface area (Å²) in [5, 5.41) is 5.96. The molecule has 0 aliphatic carbocycles. The Morgan fingerprint density at radius 3 is 2.32 bits per heavy atom. The van der Waals surface area contributed by atoms with Crippen LogP contribution in [0, 0.1) is 0 Å². The average molecular weight is 319 g/mol. The van der Waals surface area contributed by atoms with Crippen LogP contribution < -0.4 is 10.6 Å². The number of nitrogens with one attached hydrogen (secondary N) is 2. The van der Waals surface area contributed by atoms with Crippen LogP contribution in [0.1, 0.15) is 21.5 Å². The Hall–Kier alpha value is -1.84. The number of likely N-dealkylation sites (N-methyl/N-ethyl adjacent to an activating group) is 1. The van der Waals surface area contributed by atoms with Gasteiger partial charge in [0.15, 0.2) is 0 Å². The van der Waals surface area contributed by atoms with Crippen LogP contribution in [-0.2, 0) is 12.8 Å². The van der Waals surface area contributed by atoms with E-state index in [4.69, 9.17) is 0 Å². The molecule has 1 amide bonds. The molecule has 0 aromatic heterocycles. The predicted octanol–water partition coefficient (Wildman–Crippen LogP) is 2.84. The van der Waals surface area contributed by atoms with Gasteiger partial charge < -0.3 is 10.6 Å². The first kappa shape index (κ1) is 18.2. The van der Waals surface area contributed by atoms with E-state index in [1.54, 1.807) is 0 Å². The molecule has 2 rings (SSSR count). The van der Waals surface area contributed by atoms with Crippen LogP contribution >= 0.6 is 12.4 Å². The molecule has 118 valence electrons. The maximum absolute atomic E-state index is 12.2. The van der Waals surface area contributed by atoms with E-state index in [-0.39, 0.29) is 18.3 Å². The average Bonchev–Trinajstić information content (AvgIpc) is 2.54. The van der Waals surface area contributed by atoms with Gasteiger partial charge in [-0.05, 0) is 37.1 Å². The molecule has 0 fully saturated rings. The van der Waals surface area contributed by atoms with E-state index in [1.807, 2.05) is 49.5 Å². The Kier molecular flexibility index (Phi) is 8.26. The Labute approximate surface area is 138 Å². The molecule has 0 atom stereocenters. The standard InChI is InChI=1S/C18H22N2O.ClH/c1-19-13-14-20-18(21)17-10-6-5-9-16(17)12-11-15-7-3-2-4-8-15;/h2-10,19H,11-14H2,1H3,(H,20,21);1H. The molecule has 4 heteroatoms.